The average Bonchev–Trinajstić information content (AvgIpc) is 2.21. The molecule has 0 unspecified atom stereocenters. The van der Waals surface area contributed by atoms with Gasteiger partial charge in [0.1, 0.15) is 0 Å². The Morgan fingerprint density at radius 2 is 2.25 bits per heavy atom. The number of urea groups is 1. The van der Waals surface area contributed by atoms with Gasteiger partial charge in [0.25, 0.3) is 0 Å². The molecule has 6 heteroatoms. The number of imide groups is 1. The summed E-state index contributed by atoms with van der Waals surface area (Å²) in [5.74, 6) is -0.223. The van der Waals surface area contributed by atoms with Gasteiger partial charge >= 0.3 is 6.03 Å². The summed E-state index contributed by atoms with van der Waals surface area (Å²) in [6.07, 6.45) is 3.25. The number of nitrogens with one attached hydrogen (secondary N) is 2. The van der Waals surface area contributed by atoms with Crippen molar-refractivity contribution in [1.82, 2.24) is 10.3 Å². The number of nitrogens with zero attached hydrogens (tertiary/aromatic N) is 1. The summed E-state index contributed by atoms with van der Waals surface area (Å²) in [6, 6.07) is 1.18. The first-order chi connectivity index (χ1) is 7.63. The van der Waals surface area contributed by atoms with Crippen LogP contribution in [0.4, 0.5) is 10.5 Å². The van der Waals surface area contributed by atoms with Crippen molar-refractivity contribution in [3.8, 4) is 0 Å². The molecule has 86 valence electrons. The molecule has 0 fully saturated rings. The van der Waals surface area contributed by atoms with E-state index < -0.39 is 11.9 Å². The number of aromatic nitrogens is 1. The zero-order valence-corrected chi connectivity index (χ0v) is 9.54. The third-order valence-corrected chi connectivity index (χ3v) is 2.05. The van der Waals surface area contributed by atoms with Crippen molar-refractivity contribution in [3.05, 3.63) is 24.0 Å². The number of carbonyl (C=O) groups is 2. The zero-order valence-electron chi connectivity index (χ0n) is 8.79. The summed E-state index contributed by atoms with van der Waals surface area (Å²) in [5, 5.41) is 4.68. The van der Waals surface area contributed by atoms with Gasteiger partial charge in [0.2, 0.25) is 5.91 Å². The van der Waals surface area contributed by atoms with Crippen molar-refractivity contribution >= 4 is 29.2 Å². The van der Waals surface area contributed by atoms with E-state index >= 15 is 0 Å². The van der Waals surface area contributed by atoms with Gasteiger partial charge in [0.15, 0.2) is 0 Å². The highest BCUT2D eigenvalue weighted by molar-refractivity contribution is 6.19. The summed E-state index contributed by atoms with van der Waals surface area (Å²) in [6.45, 7) is 1.83. The van der Waals surface area contributed by atoms with E-state index in [0.29, 0.717) is 5.69 Å². The minimum absolute atomic E-state index is 0.112. The maximum atomic E-state index is 11.3. The van der Waals surface area contributed by atoms with E-state index in [9.17, 15) is 9.59 Å². The van der Waals surface area contributed by atoms with Crippen LogP contribution < -0.4 is 10.6 Å². The quantitative estimate of drug-likeness (QED) is 0.791. The largest absolute Gasteiger partial charge is 0.325 e. The minimum atomic E-state index is -0.578. The molecule has 1 aromatic rings. The Morgan fingerprint density at radius 3 is 2.88 bits per heavy atom. The average molecular weight is 242 g/mol. The first kappa shape index (κ1) is 12.4. The summed E-state index contributed by atoms with van der Waals surface area (Å²) < 4.78 is 0. The molecule has 1 rings (SSSR count). The third kappa shape index (κ3) is 3.86. The molecule has 0 spiro atoms. The maximum Gasteiger partial charge on any atom is 0.325 e. The lowest BCUT2D eigenvalue weighted by atomic mass is 10.2. The minimum Gasteiger partial charge on any atom is -0.306 e. The smallest absolute Gasteiger partial charge is 0.306 e. The van der Waals surface area contributed by atoms with Gasteiger partial charge in [-0.1, -0.05) is 0 Å². The first-order valence-electron chi connectivity index (χ1n) is 4.71. The van der Waals surface area contributed by atoms with Crippen molar-refractivity contribution in [2.45, 2.75) is 13.3 Å². The van der Waals surface area contributed by atoms with Crippen LogP contribution in [0.1, 0.15) is 12.0 Å². The summed E-state index contributed by atoms with van der Waals surface area (Å²) in [4.78, 5) is 26.3. The molecule has 2 N–H and O–H groups in total. The van der Waals surface area contributed by atoms with E-state index in [2.05, 4.69) is 15.6 Å². The van der Waals surface area contributed by atoms with Crippen LogP contribution in [0.2, 0.25) is 0 Å². The predicted octanol–water partition coefficient (Wildman–Crippen LogP) is 1.67. The standard InChI is InChI=1S/C10H12ClN3O2/c1-7-3-5-12-6-8(7)13-10(16)14-9(15)2-4-11/h3,5-6H,2,4H2,1H3,(H2,13,14,15,16). The normalized spacial score (nSPS) is 9.62. The number of halogens is 1. The molecule has 1 aromatic heterocycles. The fourth-order valence-electron chi connectivity index (χ4n) is 1.02. The van der Waals surface area contributed by atoms with Crippen molar-refractivity contribution in [2.75, 3.05) is 11.2 Å². The number of anilines is 1. The second-order valence-corrected chi connectivity index (χ2v) is 3.51. The number of amides is 3. The zero-order chi connectivity index (χ0) is 12.0. The highest BCUT2D eigenvalue weighted by Gasteiger charge is 2.08. The number of pyridine rings is 1. The molecule has 3 amide bonds. The first-order valence-corrected chi connectivity index (χ1v) is 5.24. The molecule has 16 heavy (non-hydrogen) atoms. The molecule has 0 aliphatic heterocycles. The van der Waals surface area contributed by atoms with Crippen LogP contribution in [0.25, 0.3) is 0 Å². The van der Waals surface area contributed by atoms with Gasteiger partial charge in [-0.05, 0) is 18.6 Å². The van der Waals surface area contributed by atoms with Crippen LogP contribution in [0.15, 0.2) is 18.5 Å². The van der Waals surface area contributed by atoms with Crippen LogP contribution in [0.3, 0.4) is 0 Å². The molecule has 0 radical (unpaired) electrons. The Morgan fingerprint density at radius 1 is 1.50 bits per heavy atom. The topological polar surface area (TPSA) is 71.1 Å². The van der Waals surface area contributed by atoms with Crippen molar-refractivity contribution in [2.24, 2.45) is 0 Å². The molecule has 5 nitrogen and oxygen atoms in total. The van der Waals surface area contributed by atoms with Gasteiger partial charge < -0.3 is 5.32 Å². The molecule has 0 saturated heterocycles. The number of aryl methyl sites for hydroxylation is 1. The second-order valence-electron chi connectivity index (χ2n) is 3.13. The SMILES string of the molecule is Cc1ccncc1NC(=O)NC(=O)CCCl. The third-order valence-electron chi connectivity index (χ3n) is 1.86. The maximum absolute atomic E-state index is 11.3. The van der Waals surface area contributed by atoms with Gasteiger partial charge in [0.05, 0.1) is 11.9 Å². The molecule has 0 aliphatic rings. The fraction of sp³-hybridized carbons (Fsp3) is 0.300. The van der Waals surface area contributed by atoms with Gasteiger partial charge in [-0.2, -0.15) is 0 Å². The highest BCUT2D eigenvalue weighted by atomic mass is 35.5. The van der Waals surface area contributed by atoms with Gasteiger partial charge in [-0.25, -0.2) is 4.79 Å². The Bertz CT molecular complexity index is 395. The fourth-order valence-corrected chi connectivity index (χ4v) is 1.20. The monoisotopic (exact) mass is 241 g/mol. The lowest BCUT2D eigenvalue weighted by Gasteiger charge is -2.07. The number of alkyl halides is 1. The number of rotatable bonds is 3. The summed E-state index contributed by atoms with van der Waals surface area (Å²) in [7, 11) is 0. The van der Waals surface area contributed by atoms with Crippen LogP contribution >= 0.6 is 11.6 Å². The molecular weight excluding hydrogens is 230 g/mol. The number of carbonyl (C=O) groups excluding carboxylic acids is 2. The van der Waals surface area contributed by atoms with E-state index in [1.54, 1.807) is 12.3 Å². The molecular formula is C10H12ClN3O2. The van der Waals surface area contributed by atoms with E-state index in [0.717, 1.165) is 5.56 Å². The molecule has 0 aromatic carbocycles. The molecule has 0 bridgehead atoms. The van der Waals surface area contributed by atoms with Crippen molar-refractivity contribution < 1.29 is 9.59 Å². The van der Waals surface area contributed by atoms with Crippen molar-refractivity contribution in [3.63, 3.8) is 0 Å². The van der Waals surface area contributed by atoms with Crippen LogP contribution in [0, 0.1) is 6.92 Å². The Kier molecular flexibility index (Phi) is 4.72. The summed E-state index contributed by atoms with van der Waals surface area (Å²) in [5.41, 5.74) is 1.44. The number of hydrogen-bond acceptors (Lipinski definition) is 3. The van der Waals surface area contributed by atoms with Crippen molar-refractivity contribution in [1.29, 1.82) is 0 Å². The van der Waals surface area contributed by atoms with Crippen LogP contribution in [-0.2, 0) is 4.79 Å². The molecule has 0 aliphatic carbocycles. The molecule has 1 heterocycles. The Balaban J connectivity index is 2.52. The molecule has 0 saturated carbocycles. The Hall–Kier alpha value is -1.62. The lowest BCUT2D eigenvalue weighted by Crippen LogP contribution is -2.34. The number of hydrogen-bond donors (Lipinski definition) is 2. The van der Waals surface area contributed by atoms with Gasteiger partial charge in [-0.15, -0.1) is 11.6 Å². The van der Waals surface area contributed by atoms with Crippen LogP contribution in [0.5, 0.6) is 0 Å². The van der Waals surface area contributed by atoms with E-state index in [1.807, 2.05) is 6.92 Å². The van der Waals surface area contributed by atoms with Crippen LogP contribution in [-0.4, -0.2) is 22.8 Å². The predicted molar refractivity (Wildman–Crippen MR) is 61.5 cm³/mol. The van der Waals surface area contributed by atoms with E-state index in [4.69, 9.17) is 11.6 Å². The van der Waals surface area contributed by atoms with E-state index in [1.165, 1.54) is 6.20 Å². The van der Waals surface area contributed by atoms with Gasteiger partial charge in [-0.3, -0.25) is 15.1 Å². The highest BCUT2D eigenvalue weighted by Crippen LogP contribution is 2.10. The van der Waals surface area contributed by atoms with E-state index in [-0.39, 0.29) is 12.3 Å². The van der Waals surface area contributed by atoms with Gasteiger partial charge in [0, 0.05) is 18.5 Å². The summed E-state index contributed by atoms with van der Waals surface area (Å²) >= 11 is 5.36. The lowest BCUT2D eigenvalue weighted by molar-refractivity contribution is -0.119. The Labute approximate surface area is 98.2 Å². The molecule has 0 atom stereocenters. The second kappa shape index (κ2) is 6.07.